The summed E-state index contributed by atoms with van der Waals surface area (Å²) in [5.74, 6) is -0.206. The summed E-state index contributed by atoms with van der Waals surface area (Å²) in [6.07, 6.45) is -4.61. The number of carbonyl (C=O) groups excluding carboxylic acids is 1. The molecular formula is C22H16ClF3N4O3S. The average molecular weight is 509 g/mol. The van der Waals surface area contributed by atoms with Gasteiger partial charge in [0.05, 0.1) is 33.1 Å². The normalized spacial score (nSPS) is 11.6. The van der Waals surface area contributed by atoms with Crippen molar-refractivity contribution in [3.05, 3.63) is 68.4 Å². The van der Waals surface area contributed by atoms with Crippen molar-refractivity contribution in [3.8, 4) is 17.0 Å². The van der Waals surface area contributed by atoms with Gasteiger partial charge in [0, 0.05) is 5.56 Å². The van der Waals surface area contributed by atoms with E-state index in [1.165, 1.54) is 18.4 Å². The fourth-order valence-electron chi connectivity index (χ4n) is 3.26. The van der Waals surface area contributed by atoms with E-state index in [9.17, 15) is 22.8 Å². The highest BCUT2D eigenvalue weighted by Gasteiger charge is 2.31. The van der Waals surface area contributed by atoms with Crippen LogP contribution in [0, 0.1) is 6.92 Å². The number of thiazole rings is 1. The number of benzene rings is 2. The molecule has 1 amide bonds. The fraction of sp³-hybridized carbons (Fsp3) is 0.182. The van der Waals surface area contributed by atoms with E-state index in [4.69, 9.17) is 16.3 Å². The molecule has 0 saturated carbocycles. The molecule has 2 heterocycles. The molecule has 0 aliphatic rings. The van der Waals surface area contributed by atoms with Gasteiger partial charge in [-0.15, -0.1) is 11.3 Å². The monoisotopic (exact) mass is 508 g/mol. The van der Waals surface area contributed by atoms with Crippen molar-refractivity contribution in [2.75, 3.05) is 12.4 Å². The zero-order valence-electron chi connectivity index (χ0n) is 17.7. The summed E-state index contributed by atoms with van der Waals surface area (Å²) in [5.41, 5.74) is -0.598. The van der Waals surface area contributed by atoms with Gasteiger partial charge in [-0.1, -0.05) is 23.7 Å². The molecule has 0 unspecified atom stereocenters. The molecule has 0 saturated heterocycles. The molecule has 2 aromatic heterocycles. The van der Waals surface area contributed by atoms with Crippen molar-refractivity contribution in [2.24, 2.45) is 0 Å². The number of amides is 1. The fourth-order valence-corrected chi connectivity index (χ4v) is 4.34. The van der Waals surface area contributed by atoms with Crippen LogP contribution >= 0.6 is 22.9 Å². The molecule has 176 valence electrons. The minimum absolute atomic E-state index is 0.0793. The molecule has 34 heavy (non-hydrogen) atoms. The van der Waals surface area contributed by atoms with Crippen molar-refractivity contribution < 1.29 is 22.7 Å². The molecule has 0 spiro atoms. The number of anilines is 1. The van der Waals surface area contributed by atoms with Gasteiger partial charge >= 0.3 is 6.18 Å². The zero-order valence-corrected chi connectivity index (χ0v) is 19.3. The SMILES string of the molecule is COc1cccc(-c2nn(CC(=O)Nc3cc(C(F)(F)F)ccc3Cl)c(=O)c3nc(C)sc23)c1. The van der Waals surface area contributed by atoms with Gasteiger partial charge in [0.15, 0.2) is 5.52 Å². The Morgan fingerprint density at radius 1 is 1.24 bits per heavy atom. The number of hydrogen-bond donors (Lipinski definition) is 1. The number of alkyl halides is 3. The number of nitrogens with one attached hydrogen (secondary N) is 1. The second-order valence-electron chi connectivity index (χ2n) is 7.19. The number of ether oxygens (including phenoxy) is 1. The summed E-state index contributed by atoms with van der Waals surface area (Å²) < 4.78 is 45.8. The summed E-state index contributed by atoms with van der Waals surface area (Å²) >= 11 is 7.24. The number of hydrogen-bond acceptors (Lipinski definition) is 6. The van der Waals surface area contributed by atoms with Gasteiger partial charge in [-0.05, 0) is 37.3 Å². The number of nitrogens with zero attached hydrogens (tertiary/aromatic N) is 3. The standard InChI is InChI=1S/C22H16ClF3N4O3S/c1-11-27-19-20(34-11)18(12-4-3-5-14(8-12)33-2)29-30(21(19)32)10-17(31)28-16-9-13(22(24,25)26)6-7-15(16)23/h3-9H,10H2,1-2H3,(H,28,31). The molecule has 0 atom stereocenters. The predicted molar refractivity (Wildman–Crippen MR) is 123 cm³/mol. The van der Waals surface area contributed by atoms with Crippen LogP contribution in [0.2, 0.25) is 5.02 Å². The third kappa shape index (κ3) is 4.75. The first-order chi connectivity index (χ1) is 16.1. The van der Waals surface area contributed by atoms with E-state index >= 15 is 0 Å². The van der Waals surface area contributed by atoms with Crippen LogP contribution in [0.3, 0.4) is 0 Å². The van der Waals surface area contributed by atoms with Crippen LogP contribution in [0.5, 0.6) is 5.75 Å². The quantitative estimate of drug-likeness (QED) is 0.403. The second-order valence-corrected chi connectivity index (χ2v) is 8.80. The van der Waals surface area contributed by atoms with Crippen LogP contribution in [0.25, 0.3) is 21.5 Å². The van der Waals surface area contributed by atoms with Gasteiger partial charge in [-0.3, -0.25) is 9.59 Å². The van der Waals surface area contributed by atoms with Crippen LogP contribution in [-0.4, -0.2) is 27.8 Å². The zero-order chi connectivity index (χ0) is 24.6. The van der Waals surface area contributed by atoms with Crippen LogP contribution in [0.4, 0.5) is 18.9 Å². The minimum Gasteiger partial charge on any atom is -0.497 e. The summed E-state index contributed by atoms with van der Waals surface area (Å²) in [7, 11) is 1.52. The Kier molecular flexibility index (Phi) is 6.32. The van der Waals surface area contributed by atoms with Crippen LogP contribution in [-0.2, 0) is 17.5 Å². The van der Waals surface area contributed by atoms with E-state index in [2.05, 4.69) is 15.4 Å². The van der Waals surface area contributed by atoms with Crippen molar-refractivity contribution >= 4 is 44.7 Å². The van der Waals surface area contributed by atoms with E-state index in [1.807, 2.05) is 0 Å². The number of aromatic nitrogens is 3. The van der Waals surface area contributed by atoms with Gasteiger partial charge in [-0.25, -0.2) is 9.67 Å². The van der Waals surface area contributed by atoms with E-state index in [-0.39, 0.29) is 16.2 Å². The maximum absolute atomic E-state index is 13.0. The molecule has 0 bridgehead atoms. The first-order valence-corrected chi connectivity index (χ1v) is 11.0. The molecule has 0 aliphatic carbocycles. The van der Waals surface area contributed by atoms with Crippen LogP contribution < -0.4 is 15.6 Å². The van der Waals surface area contributed by atoms with Crippen molar-refractivity contribution in [3.63, 3.8) is 0 Å². The first-order valence-electron chi connectivity index (χ1n) is 9.76. The van der Waals surface area contributed by atoms with Gasteiger partial charge in [-0.2, -0.15) is 18.3 Å². The number of carbonyl (C=O) groups is 1. The smallest absolute Gasteiger partial charge is 0.416 e. The molecule has 2 aromatic carbocycles. The number of aryl methyl sites for hydroxylation is 1. The summed E-state index contributed by atoms with van der Waals surface area (Å²) in [4.78, 5) is 29.9. The van der Waals surface area contributed by atoms with E-state index < -0.39 is 29.8 Å². The minimum atomic E-state index is -4.61. The highest BCUT2D eigenvalue weighted by molar-refractivity contribution is 7.19. The Bertz CT molecular complexity index is 1470. The molecule has 0 radical (unpaired) electrons. The molecule has 4 aromatic rings. The molecule has 0 fully saturated rings. The largest absolute Gasteiger partial charge is 0.497 e. The lowest BCUT2D eigenvalue weighted by Crippen LogP contribution is -2.30. The van der Waals surface area contributed by atoms with Crippen molar-refractivity contribution in [1.82, 2.24) is 14.8 Å². The Morgan fingerprint density at radius 2 is 2.00 bits per heavy atom. The van der Waals surface area contributed by atoms with E-state index in [0.717, 1.165) is 22.9 Å². The highest BCUT2D eigenvalue weighted by Crippen LogP contribution is 2.34. The maximum Gasteiger partial charge on any atom is 0.416 e. The number of halogens is 4. The Labute approximate surface area is 199 Å². The highest BCUT2D eigenvalue weighted by atomic mass is 35.5. The van der Waals surface area contributed by atoms with Gasteiger partial charge in [0.1, 0.15) is 18.0 Å². The first kappa shape index (κ1) is 23.7. The lowest BCUT2D eigenvalue weighted by molar-refractivity contribution is -0.137. The molecule has 1 N–H and O–H groups in total. The van der Waals surface area contributed by atoms with E-state index in [1.54, 1.807) is 31.2 Å². The average Bonchev–Trinajstić information content (AvgIpc) is 3.18. The van der Waals surface area contributed by atoms with Gasteiger partial charge in [0.2, 0.25) is 5.91 Å². The van der Waals surface area contributed by atoms with Crippen molar-refractivity contribution in [1.29, 1.82) is 0 Å². The van der Waals surface area contributed by atoms with Gasteiger partial charge < -0.3 is 10.1 Å². The lowest BCUT2D eigenvalue weighted by atomic mass is 10.1. The van der Waals surface area contributed by atoms with Crippen molar-refractivity contribution in [2.45, 2.75) is 19.6 Å². The van der Waals surface area contributed by atoms with Gasteiger partial charge in [0.25, 0.3) is 5.56 Å². The number of methoxy groups -OCH3 is 1. The number of rotatable bonds is 5. The second kappa shape index (κ2) is 9.07. The van der Waals surface area contributed by atoms with E-state index in [0.29, 0.717) is 26.7 Å². The predicted octanol–water partition coefficient (Wildman–Crippen LogP) is 5.15. The summed E-state index contributed by atoms with van der Waals surface area (Å²) in [6, 6.07) is 9.59. The maximum atomic E-state index is 13.0. The topological polar surface area (TPSA) is 86.1 Å². The Balaban J connectivity index is 1.72. The molecule has 0 aliphatic heterocycles. The Morgan fingerprint density at radius 3 is 2.71 bits per heavy atom. The third-order valence-corrected chi connectivity index (χ3v) is 6.12. The Hall–Kier alpha value is -3.44. The third-order valence-electron chi connectivity index (χ3n) is 4.81. The molecule has 7 nitrogen and oxygen atoms in total. The van der Waals surface area contributed by atoms with Crippen LogP contribution in [0.1, 0.15) is 10.6 Å². The lowest BCUT2D eigenvalue weighted by Gasteiger charge is -2.13. The summed E-state index contributed by atoms with van der Waals surface area (Å²) in [6.45, 7) is 1.18. The molecule has 4 rings (SSSR count). The van der Waals surface area contributed by atoms with Crippen LogP contribution in [0.15, 0.2) is 47.3 Å². The summed E-state index contributed by atoms with van der Waals surface area (Å²) in [5, 5.41) is 7.24. The molecular weight excluding hydrogens is 493 g/mol. The number of fused-ring (bicyclic) bond motifs is 1. The molecule has 12 heteroatoms.